The van der Waals surface area contributed by atoms with E-state index in [1.54, 1.807) is 24.3 Å². The standard InChI is InChI=1S/C9H6Cl2O/c10-8-4-3-7(2-1-5-12)9(11)6-8/h1-6H. The number of aldehydes is 1. The van der Waals surface area contributed by atoms with Gasteiger partial charge in [0.05, 0.1) is 0 Å². The van der Waals surface area contributed by atoms with Gasteiger partial charge < -0.3 is 0 Å². The fraction of sp³-hybridized carbons (Fsp3) is 0. The highest BCUT2D eigenvalue weighted by molar-refractivity contribution is 6.35. The van der Waals surface area contributed by atoms with Crippen molar-refractivity contribution in [3.8, 4) is 0 Å². The summed E-state index contributed by atoms with van der Waals surface area (Å²) in [6.45, 7) is 0. The first-order chi connectivity index (χ1) is 5.74. The summed E-state index contributed by atoms with van der Waals surface area (Å²) in [6, 6.07) is 5.11. The minimum Gasteiger partial charge on any atom is -0.299 e. The van der Waals surface area contributed by atoms with E-state index < -0.39 is 0 Å². The van der Waals surface area contributed by atoms with E-state index in [4.69, 9.17) is 23.2 Å². The molecule has 0 spiro atoms. The fourth-order valence-electron chi connectivity index (χ4n) is 0.780. The van der Waals surface area contributed by atoms with Crippen molar-refractivity contribution in [2.45, 2.75) is 0 Å². The molecular weight excluding hydrogens is 195 g/mol. The molecule has 0 saturated carbocycles. The molecule has 0 bridgehead atoms. The third-order valence-corrected chi connectivity index (χ3v) is 1.88. The lowest BCUT2D eigenvalue weighted by Crippen LogP contribution is -1.74. The van der Waals surface area contributed by atoms with Crippen molar-refractivity contribution in [1.82, 2.24) is 0 Å². The van der Waals surface area contributed by atoms with Crippen molar-refractivity contribution >= 4 is 35.6 Å². The van der Waals surface area contributed by atoms with Crippen LogP contribution in [0.5, 0.6) is 0 Å². The minimum atomic E-state index is 0.542. The van der Waals surface area contributed by atoms with E-state index in [9.17, 15) is 4.79 Å². The average Bonchev–Trinajstić information content (AvgIpc) is 2.03. The van der Waals surface area contributed by atoms with Gasteiger partial charge in [0.15, 0.2) is 0 Å². The first kappa shape index (κ1) is 9.30. The number of carbonyl (C=O) groups excluding carboxylic acids is 1. The lowest BCUT2D eigenvalue weighted by molar-refractivity contribution is -0.104. The zero-order valence-electron chi connectivity index (χ0n) is 6.13. The molecule has 0 N–H and O–H groups in total. The van der Waals surface area contributed by atoms with Crippen LogP contribution in [0.4, 0.5) is 0 Å². The lowest BCUT2D eigenvalue weighted by atomic mass is 10.2. The normalized spacial score (nSPS) is 10.5. The molecule has 1 aromatic carbocycles. The Kier molecular flexibility index (Phi) is 3.32. The summed E-state index contributed by atoms with van der Waals surface area (Å²) in [4.78, 5) is 10.0. The highest BCUT2D eigenvalue weighted by Crippen LogP contribution is 2.21. The summed E-state index contributed by atoms with van der Waals surface area (Å²) in [5.74, 6) is 0. The maximum absolute atomic E-state index is 10.0. The van der Waals surface area contributed by atoms with Gasteiger partial charge in [-0.25, -0.2) is 0 Å². The van der Waals surface area contributed by atoms with Crippen molar-refractivity contribution < 1.29 is 4.79 Å². The van der Waals surface area contributed by atoms with E-state index in [0.717, 1.165) is 5.56 Å². The van der Waals surface area contributed by atoms with Crippen LogP contribution in [0.15, 0.2) is 24.3 Å². The maximum atomic E-state index is 10.0. The molecule has 12 heavy (non-hydrogen) atoms. The summed E-state index contributed by atoms with van der Waals surface area (Å²) < 4.78 is 0. The van der Waals surface area contributed by atoms with E-state index in [2.05, 4.69) is 0 Å². The summed E-state index contributed by atoms with van der Waals surface area (Å²) in [6.07, 6.45) is 3.71. The van der Waals surface area contributed by atoms with Crippen LogP contribution in [0, 0.1) is 0 Å². The van der Waals surface area contributed by atoms with Gasteiger partial charge in [-0.05, 0) is 23.8 Å². The Morgan fingerprint density at radius 3 is 2.58 bits per heavy atom. The molecule has 0 aliphatic rings. The fourth-order valence-corrected chi connectivity index (χ4v) is 1.25. The Morgan fingerprint density at radius 2 is 2.00 bits per heavy atom. The van der Waals surface area contributed by atoms with Gasteiger partial charge in [0, 0.05) is 10.0 Å². The predicted octanol–water partition coefficient (Wildman–Crippen LogP) is 3.21. The number of rotatable bonds is 2. The zero-order valence-corrected chi connectivity index (χ0v) is 7.64. The first-order valence-electron chi connectivity index (χ1n) is 3.31. The molecule has 0 amide bonds. The van der Waals surface area contributed by atoms with Crippen molar-refractivity contribution in [2.75, 3.05) is 0 Å². The average molecular weight is 201 g/mol. The third kappa shape index (κ3) is 2.36. The van der Waals surface area contributed by atoms with Gasteiger partial charge >= 0.3 is 0 Å². The Hall–Kier alpha value is -0.790. The smallest absolute Gasteiger partial charge is 0.142 e. The van der Waals surface area contributed by atoms with Crippen molar-refractivity contribution in [3.63, 3.8) is 0 Å². The molecule has 1 aromatic rings. The van der Waals surface area contributed by atoms with E-state index in [-0.39, 0.29) is 0 Å². The molecule has 62 valence electrons. The lowest BCUT2D eigenvalue weighted by Gasteiger charge is -1.96. The molecule has 0 aromatic heterocycles. The Labute approximate surface area is 80.6 Å². The molecular formula is C9H6Cl2O. The summed E-state index contributed by atoms with van der Waals surface area (Å²) in [5, 5.41) is 1.13. The maximum Gasteiger partial charge on any atom is 0.142 e. The zero-order chi connectivity index (χ0) is 8.97. The van der Waals surface area contributed by atoms with Crippen LogP contribution in [0.2, 0.25) is 10.0 Å². The van der Waals surface area contributed by atoms with Gasteiger partial charge in [0.2, 0.25) is 0 Å². The number of benzene rings is 1. The molecule has 0 aliphatic heterocycles. The second kappa shape index (κ2) is 4.29. The number of allylic oxidation sites excluding steroid dienone is 1. The van der Waals surface area contributed by atoms with Crippen LogP contribution in [-0.4, -0.2) is 6.29 Å². The van der Waals surface area contributed by atoms with E-state index in [1.807, 2.05) is 0 Å². The quantitative estimate of drug-likeness (QED) is 0.530. The van der Waals surface area contributed by atoms with Crippen molar-refractivity contribution in [3.05, 3.63) is 39.9 Å². The predicted molar refractivity (Wildman–Crippen MR) is 51.6 cm³/mol. The Bertz CT molecular complexity index is 318. The largest absolute Gasteiger partial charge is 0.299 e. The molecule has 0 fully saturated rings. The van der Waals surface area contributed by atoms with Crippen molar-refractivity contribution in [2.24, 2.45) is 0 Å². The molecule has 3 heteroatoms. The molecule has 0 unspecified atom stereocenters. The number of halogens is 2. The van der Waals surface area contributed by atoms with Crippen LogP contribution >= 0.6 is 23.2 Å². The number of hydrogen-bond donors (Lipinski definition) is 0. The number of hydrogen-bond acceptors (Lipinski definition) is 1. The molecule has 0 heterocycles. The van der Waals surface area contributed by atoms with Gasteiger partial charge in [-0.3, -0.25) is 4.79 Å². The molecule has 0 saturated heterocycles. The van der Waals surface area contributed by atoms with Gasteiger partial charge in [-0.2, -0.15) is 0 Å². The summed E-state index contributed by atoms with van der Waals surface area (Å²) in [7, 11) is 0. The second-order valence-corrected chi connectivity index (χ2v) is 3.00. The van der Waals surface area contributed by atoms with Crippen LogP contribution < -0.4 is 0 Å². The van der Waals surface area contributed by atoms with Crippen LogP contribution in [0.3, 0.4) is 0 Å². The minimum absolute atomic E-state index is 0.542. The molecule has 0 aliphatic carbocycles. The van der Waals surface area contributed by atoms with Crippen LogP contribution in [-0.2, 0) is 4.79 Å². The first-order valence-corrected chi connectivity index (χ1v) is 4.06. The van der Waals surface area contributed by atoms with E-state index in [0.29, 0.717) is 16.3 Å². The summed E-state index contributed by atoms with van der Waals surface area (Å²) in [5.41, 5.74) is 0.785. The topological polar surface area (TPSA) is 17.1 Å². The van der Waals surface area contributed by atoms with Gasteiger partial charge in [0.1, 0.15) is 6.29 Å². The highest BCUT2D eigenvalue weighted by atomic mass is 35.5. The highest BCUT2D eigenvalue weighted by Gasteiger charge is 1.95. The second-order valence-electron chi connectivity index (χ2n) is 2.16. The Balaban J connectivity index is 3.01. The SMILES string of the molecule is O=CC=Cc1ccc(Cl)cc1Cl. The summed E-state index contributed by atoms with van der Waals surface area (Å²) >= 11 is 11.5. The number of carbonyl (C=O) groups is 1. The van der Waals surface area contributed by atoms with Gasteiger partial charge in [0.25, 0.3) is 0 Å². The van der Waals surface area contributed by atoms with Crippen LogP contribution in [0.25, 0.3) is 6.08 Å². The van der Waals surface area contributed by atoms with Gasteiger partial charge in [-0.15, -0.1) is 0 Å². The van der Waals surface area contributed by atoms with Crippen LogP contribution in [0.1, 0.15) is 5.56 Å². The Morgan fingerprint density at radius 1 is 1.25 bits per heavy atom. The molecule has 0 radical (unpaired) electrons. The monoisotopic (exact) mass is 200 g/mol. The molecule has 1 rings (SSSR count). The third-order valence-electron chi connectivity index (χ3n) is 1.32. The van der Waals surface area contributed by atoms with E-state index >= 15 is 0 Å². The molecule has 0 atom stereocenters. The van der Waals surface area contributed by atoms with E-state index in [1.165, 1.54) is 6.08 Å². The molecule has 1 nitrogen and oxygen atoms in total. The van der Waals surface area contributed by atoms with Crippen molar-refractivity contribution in [1.29, 1.82) is 0 Å². The van der Waals surface area contributed by atoms with Gasteiger partial charge in [-0.1, -0.05) is 35.3 Å².